The first-order valence-electron chi connectivity index (χ1n) is 8.22. The lowest BCUT2D eigenvalue weighted by Gasteiger charge is -2.29. The second-order valence-corrected chi connectivity index (χ2v) is 5.89. The van der Waals surface area contributed by atoms with Crippen LogP contribution in [-0.2, 0) is 14.3 Å². The fraction of sp³-hybridized carbons (Fsp3) is 0.238. The van der Waals surface area contributed by atoms with Crippen molar-refractivity contribution in [3.8, 4) is 0 Å². The molecule has 0 aliphatic heterocycles. The lowest BCUT2D eigenvalue weighted by Crippen LogP contribution is -2.34. The van der Waals surface area contributed by atoms with Crippen molar-refractivity contribution in [1.82, 2.24) is 0 Å². The molecule has 0 aromatic heterocycles. The molecule has 24 heavy (non-hydrogen) atoms. The number of rotatable bonds is 4. The maximum atomic E-state index is 12.7. The predicted molar refractivity (Wildman–Crippen MR) is 93.3 cm³/mol. The Hall–Kier alpha value is -2.68. The zero-order chi connectivity index (χ0) is 16.9. The predicted octanol–water partition coefficient (Wildman–Crippen LogP) is 4.01. The van der Waals surface area contributed by atoms with Gasteiger partial charge in [-0.05, 0) is 36.1 Å². The van der Waals surface area contributed by atoms with E-state index >= 15 is 0 Å². The van der Waals surface area contributed by atoms with Gasteiger partial charge in [0.1, 0.15) is 5.92 Å². The van der Waals surface area contributed by atoms with Crippen molar-refractivity contribution >= 4 is 17.3 Å². The average Bonchev–Trinajstić information content (AvgIpc) is 2.62. The number of benzene rings is 2. The highest BCUT2D eigenvalue weighted by atomic mass is 16.5. The quantitative estimate of drug-likeness (QED) is 0.631. The Kier molecular flexibility index (Phi) is 4.90. The largest absolute Gasteiger partial charge is 0.465 e. The zero-order valence-electron chi connectivity index (χ0n) is 13.6. The number of allylic oxidation sites excluding steroid dienone is 2. The summed E-state index contributed by atoms with van der Waals surface area (Å²) < 4.78 is 5.16. The van der Waals surface area contributed by atoms with E-state index in [0.717, 1.165) is 16.7 Å². The third kappa shape index (κ3) is 3.30. The monoisotopic (exact) mass is 320 g/mol. The van der Waals surface area contributed by atoms with Crippen LogP contribution >= 0.6 is 0 Å². The molecule has 0 bridgehead atoms. The third-order valence-corrected chi connectivity index (χ3v) is 4.38. The Balaban J connectivity index is 2.00. The second kappa shape index (κ2) is 7.26. The van der Waals surface area contributed by atoms with Gasteiger partial charge in [-0.2, -0.15) is 0 Å². The van der Waals surface area contributed by atoms with E-state index in [2.05, 4.69) is 0 Å². The van der Waals surface area contributed by atoms with Gasteiger partial charge in [0.15, 0.2) is 5.78 Å². The minimum Gasteiger partial charge on any atom is -0.465 e. The van der Waals surface area contributed by atoms with Crippen LogP contribution in [0.5, 0.6) is 0 Å². The Labute approximate surface area is 142 Å². The van der Waals surface area contributed by atoms with Crippen LogP contribution < -0.4 is 0 Å². The van der Waals surface area contributed by atoms with E-state index in [-0.39, 0.29) is 18.3 Å². The van der Waals surface area contributed by atoms with Crippen LogP contribution in [0, 0.1) is 5.92 Å². The Bertz CT molecular complexity index is 747. The Morgan fingerprint density at radius 3 is 2.29 bits per heavy atom. The summed E-state index contributed by atoms with van der Waals surface area (Å²) in [5, 5.41) is 0. The van der Waals surface area contributed by atoms with E-state index in [4.69, 9.17) is 4.74 Å². The van der Waals surface area contributed by atoms with Crippen LogP contribution in [0.15, 0.2) is 66.7 Å². The molecule has 2 aromatic carbocycles. The van der Waals surface area contributed by atoms with E-state index in [1.54, 1.807) is 13.0 Å². The molecule has 0 N–H and O–H groups in total. The second-order valence-electron chi connectivity index (χ2n) is 5.89. The maximum absolute atomic E-state index is 12.7. The summed E-state index contributed by atoms with van der Waals surface area (Å²) in [6.45, 7) is 2.04. The topological polar surface area (TPSA) is 43.4 Å². The molecule has 0 heterocycles. The van der Waals surface area contributed by atoms with Crippen LogP contribution in [0.1, 0.15) is 30.4 Å². The third-order valence-electron chi connectivity index (χ3n) is 4.38. The van der Waals surface area contributed by atoms with Gasteiger partial charge in [-0.25, -0.2) is 0 Å². The molecule has 0 spiro atoms. The summed E-state index contributed by atoms with van der Waals surface area (Å²) in [6.07, 6.45) is 2.25. The van der Waals surface area contributed by atoms with Crippen LogP contribution in [0.3, 0.4) is 0 Å². The molecule has 0 radical (unpaired) electrons. The average molecular weight is 320 g/mol. The fourth-order valence-corrected chi connectivity index (χ4v) is 3.25. The molecule has 0 saturated heterocycles. The number of hydrogen-bond acceptors (Lipinski definition) is 3. The molecule has 122 valence electrons. The molecule has 1 aliphatic rings. The summed E-state index contributed by atoms with van der Waals surface area (Å²) in [4.78, 5) is 25.1. The summed E-state index contributed by atoms with van der Waals surface area (Å²) in [5.41, 5.74) is 2.98. The van der Waals surface area contributed by atoms with E-state index < -0.39 is 11.9 Å². The first-order chi connectivity index (χ1) is 11.7. The van der Waals surface area contributed by atoms with Gasteiger partial charge >= 0.3 is 5.97 Å². The molecule has 2 atom stereocenters. The summed E-state index contributed by atoms with van der Waals surface area (Å²) in [7, 11) is 0. The SMILES string of the molecule is CCOC(=O)[C@H]1C(=O)C=C(c2ccccc2)C[C@H]1c1ccccc1. The Morgan fingerprint density at radius 2 is 1.67 bits per heavy atom. The van der Waals surface area contributed by atoms with Gasteiger partial charge in [-0.1, -0.05) is 60.7 Å². The van der Waals surface area contributed by atoms with E-state index in [9.17, 15) is 9.59 Å². The van der Waals surface area contributed by atoms with Gasteiger partial charge in [-0.3, -0.25) is 9.59 Å². The minimum atomic E-state index is -0.764. The number of ether oxygens (including phenoxy) is 1. The van der Waals surface area contributed by atoms with Gasteiger partial charge in [0.05, 0.1) is 6.61 Å². The highest BCUT2D eigenvalue weighted by molar-refractivity contribution is 6.10. The molecule has 3 rings (SSSR count). The molecule has 3 heteroatoms. The van der Waals surface area contributed by atoms with Crippen molar-refractivity contribution in [2.75, 3.05) is 6.61 Å². The zero-order valence-corrected chi connectivity index (χ0v) is 13.6. The number of esters is 1. The van der Waals surface area contributed by atoms with Crippen LogP contribution in [-0.4, -0.2) is 18.4 Å². The van der Waals surface area contributed by atoms with Crippen molar-refractivity contribution < 1.29 is 14.3 Å². The van der Waals surface area contributed by atoms with Crippen molar-refractivity contribution in [2.45, 2.75) is 19.3 Å². The lowest BCUT2D eigenvalue weighted by atomic mass is 9.73. The number of carbonyl (C=O) groups is 2. The van der Waals surface area contributed by atoms with Crippen LogP contribution in [0.4, 0.5) is 0 Å². The smallest absolute Gasteiger partial charge is 0.317 e. The summed E-state index contributed by atoms with van der Waals surface area (Å²) in [5.74, 6) is -1.56. The Morgan fingerprint density at radius 1 is 1.04 bits per heavy atom. The van der Waals surface area contributed by atoms with Gasteiger partial charge in [-0.15, -0.1) is 0 Å². The van der Waals surface area contributed by atoms with E-state index in [1.165, 1.54) is 0 Å². The fourth-order valence-electron chi connectivity index (χ4n) is 3.25. The van der Waals surface area contributed by atoms with Crippen molar-refractivity contribution in [2.24, 2.45) is 5.92 Å². The maximum Gasteiger partial charge on any atom is 0.317 e. The molecule has 0 amide bonds. The first kappa shape index (κ1) is 16.2. The molecular weight excluding hydrogens is 300 g/mol. The highest BCUT2D eigenvalue weighted by Gasteiger charge is 2.39. The summed E-state index contributed by atoms with van der Waals surface area (Å²) >= 11 is 0. The molecule has 2 aromatic rings. The van der Waals surface area contributed by atoms with Crippen molar-refractivity contribution in [1.29, 1.82) is 0 Å². The lowest BCUT2D eigenvalue weighted by molar-refractivity contribution is -0.151. The van der Waals surface area contributed by atoms with Gasteiger partial charge in [0.25, 0.3) is 0 Å². The van der Waals surface area contributed by atoms with Crippen LogP contribution in [0.25, 0.3) is 5.57 Å². The molecule has 0 fully saturated rings. The number of ketones is 1. The molecule has 0 unspecified atom stereocenters. The number of carbonyl (C=O) groups excluding carboxylic acids is 2. The van der Waals surface area contributed by atoms with Crippen molar-refractivity contribution in [3.63, 3.8) is 0 Å². The number of hydrogen-bond donors (Lipinski definition) is 0. The molecular formula is C21H20O3. The molecule has 3 nitrogen and oxygen atoms in total. The minimum absolute atomic E-state index is 0.174. The molecule has 0 saturated carbocycles. The van der Waals surface area contributed by atoms with Gasteiger partial charge in [0, 0.05) is 5.92 Å². The molecule has 1 aliphatic carbocycles. The standard InChI is InChI=1S/C21H20O3/c1-2-24-21(23)20-18(16-11-7-4-8-12-16)13-17(14-19(20)22)15-9-5-3-6-10-15/h3-12,14,18,20H,2,13H2,1H3/t18-,20+/m0/s1. The normalized spacial score (nSPS) is 20.4. The van der Waals surface area contributed by atoms with E-state index in [0.29, 0.717) is 6.42 Å². The first-order valence-corrected chi connectivity index (χ1v) is 8.22. The van der Waals surface area contributed by atoms with Gasteiger partial charge in [0.2, 0.25) is 0 Å². The van der Waals surface area contributed by atoms with Crippen LogP contribution in [0.2, 0.25) is 0 Å². The van der Waals surface area contributed by atoms with E-state index in [1.807, 2.05) is 60.7 Å². The summed E-state index contributed by atoms with van der Waals surface area (Å²) in [6, 6.07) is 19.6. The highest BCUT2D eigenvalue weighted by Crippen LogP contribution is 2.40. The van der Waals surface area contributed by atoms with Gasteiger partial charge < -0.3 is 4.74 Å². The van der Waals surface area contributed by atoms with Crippen molar-refractivity contribution in [3.05, 3.63) is 77.9 Å².